The number of likely N-dealkylation sites (tertiary alicyclic amines) is 1. The monoisotopic (exact) mass is 413 g/mol. The summed E-state index contributed by atoms with van der Waals surface area (Å²) in [5.74, 6) is 0.291. The van der Waals surface area contributed by atoms with Crippen molar-refractivity contribution in [1.82, 2.24) is 14.5 Å². The van der Waals surface area contributed by atoms with Crippen LogP contribution in [0.4, 0.5) is 4.79 Å². The lowest BCUT2D eigenvalue weighted by Gasteiger charge is -2.24. The summed E-state index contributed by atoms with van der Waals surface area (Å²) in [5, 5.41) is 9.57. The topological polar surface area (TPSA) is 110 Å². The number of hydrogen-bond acceptors (Lipinski definition) is 5. The van der Waals surface area contributed by atoms with Crippen molar-refractivity contribution in [1.29, 1.82) is 0 Å². The highest BCUT2D eigenvalue weighted by Crippen LogP contribution is 2.32. The first kappa shape index (κ1) is 19.1. The van der Waals surface area contributed by atoms with E-state index in [1.165, 1.54) is 21.6 Å². The second-order valence-corrected chi connectivity index (χ2v) is 8.99. The number of nitrogens with zero attached hydrogens (tertiary/aromatic N) is 3. The standard InChI is InChI=1S/C20H19N3O5S/c1-29(27,28)16-11-5-9-14-17(16)19(24)23(13-7-3-2-4-8-13)18(21-14)15-10-6-12-22(15)20(25)26/h2-5,7-9,11,15H,6,10,12H2,1H3,(H,25,26). The molecule has 1 aromatic heterocycles. The van der Waals surface area contributed by atoms with Gasteiger partial charge >= 0.3 is 6.09 Å². The molecule has 1 unspecified atom stereocenters. The number of aromatic nitrogens is 2. The van der Waals surface area contributed by atoms with Crippen molar-refractivity contribution in [2.75, 3.05) is 12.8 Å². The third kappa shape index (κ3) is 3.27. The molecule has 4 rings (SSSR count). The summed E-state index contributed by atoms with van der Waals surface area (Å²) in [7, 11) is -3.66. The Labute approximate surface area is 167 Å². The molecule has 1 fully saturated rings. The van der Waals surface area contributed by atoms with Crippen LogP contribution in [-0.4, -0.2) is 46.9 Å². The Morgan fingerprint density at radius 2 is 1.86 bits per heavy atom. The normalized spacial score (nSPS) is 17.0. The highest BCUT2D eigenvalue weighted by Gasteiger charge is 2.34. The number of hydrogen-bond donors (Lipinski definition) is 1. The molecule has 1 aliphatic rings. The summed E-state index contributed by atoms with van der Waals surface area (Å²) >= 11 is 0. The Bertz CT molecular complexity index is 1270. The summed E-state index contributed by atoms with van der Waals surface area (Å²) < 4.78 is 25.9. The van der Waals surface area contributed by atoms with Gasteiger partial charge in [-0.3, -0.25) is 14.3 Å². The molecule has 1 saturated heterocycles. The van der Waals surface area contributed by atoms with Crippen molar-refractivity contribution in [2.24, 2.45) is 0 Å². The Kier molecular flexibility index (Phi) is 4.62. The SMILES string of the molecule is CS(=O)(=O)c1cccc2nc(C3CCCN3C(=O)O)n(-c3ccccc3)c(=O)c12. The molecule has 1 N–H and O–H groups in total. The molecule has 0 bridgehead atoms. The Hall–Kier alpha value is -3.20. The van der Waals surface area contributed by atoms with E-state index in [-0.39, 0.29) is 15.8 Å². The van der Waals surface area contributed by atoms with E-state index in [0.29, 0.717) is 30.9 Å². The van der Waals surface area contributed by atoms with Gasteiger partial charge in [0, 0.05) is 12.8 Å². The van der Waals surface area contributed by atoms with Crippen LogP contribution in [0.15, 0.2) is 58.2 Å². The number of benzene rings is 2. The van der Waals surface area contributed by atoms with Crippen molar-refractivity contribution in [3.63, 3.8) is 0 Å². The minimum atomic E-state index is -3.66. The minimum Gasteiger partial charge on any atom is -0.465 e. The number of rotatable bonds is 3. The lowest BCUT2D eigenvalue weighted by Crippen LogP contribution is -2.34. The second-order valence-electron chi connectivity index (χ2n) is 7.00. The summed E-state index contributed by atoms with van der Waals surface area (Å²) in [4.78, 5) is 31.0. The lowest BCUT2D eigenvalue weighted by atomic mass is 10.1. The smallest absolute Gasteiger partial charge is 0.407 e. The molecule has 1 aliphatic heterocycles. The molecular formula is C20H19N3O5S. The molecule has 0 aliphatic carbocycles. The number of carboxylic acid groups (broad SMARTS) is 1. The van der Waals surface area contributed by atoms with Crippen molar-refractivity contribution < 1.29 is 18.3 Å². The van der Waals surface area contributed by atoms with Gasteiger partial charge in [-0.25, -0.2) is 18.2 Å². The van der Waals surface area contributed by atoms with Crippen LogP contribution in [0.1, 0.15) is 24.7 Å². The Morgan fingerprint density at radius 1 is 1.14 bits per heavy atom. The van der Waals surface area contributed by atoms with Gasteiger partial charge in [-0.05, 0) is 37.1 Å². The number of amides is 1. The van der Waals surface area contributed by atoms with Crippen LogP contribution in [0.2, 0.25) is 0 Å². The summed E-state index contributed by atoms with van der Waals surface area (Å²) in [6.07, 6.45) is 1.16. The van der Waals surface area contributed by atoms with Gasteiger partial charge in [0.2, 0.25) is 0 Å². The molecule has 0 radical (unpaired) electrons. The molecule has 150 valence electrons. The van der Waals surface area contributed by atoms with E-state index in [9.17, 15) is 23.1 Å². The highest BCUT2D eigenvalue weighted by molar-refractivity contribution is 7.91. The zero-order valence-electron chi connectivity index (χ0n) is 15.6. The quantitative estimate of drug-likeness (QED) is 0.707. The van der Waals surface area contributed by atoms with Gasteiger partial charge < -0.3 is 5.11 Å². The maximum absolute atomic E-state index is 13.5. The molecule has 2 heterocycles. The van der Waals surface area contributed by atoms with Crippen molar-refractivity contribution >= 4 is 26.8 Å². The molecule has 0 spiro atoms. The molecule has 2 aromatic carbocycles. The Morgan fingerprint density at radius 3 is 2.52 bits per heavy atom. The molecule has 8 nitrogen and oxygen atoms in total. The van der Waals surface area contributed by atoms with Crippen LogP contribution < -0.4 is 5.56 Å². The van der Waals surface area contributed by atoms with Gasteiger partial charge in [0.25, 0.3) is 5.56 Å². The van der Waals surface area contributed by atoms with Gasteiger partial charge in [0.1, 0.15) is 5.82 Å². The fourth-order valence-corrected chi connectivity index (χ4v) is 4.73. The molecule has 9 heteroatoms. The van der Waals surface area contributed by atoms with Crippen LogP contribution in [0.5, 0.6) is 0 Å². The molecule has 1 atom stereocenters. The van der Waals surface area contributed by atoms with Gasteiger partial charge in [0.05, 0.1) is 27.5 Å². The van der Waals surface area contributed by atoms with Crippen molar-refractivity contribution in [3.05, 3.63) is 64.7 Å². The molecule has 3 aromatic rings. The minimum absolute atomic E-state index is 0.00229. The van der Waals surface area contributed by atoms with E-state index in [1.54, 1.807) is 36.4 Å². The summed E-state index contributed by atoms with van der Waals surface area (Å²) in [5.41, 5.74) is 0.203. The average molecular weight is 413 g/mol. The largest absolute Gasteiger partial charge is 0.465 e. The van der Waals surface area contributed by atoms with Gasteiger partial charge in [-0.15, -0.1) is 0 Å². The van der Waals surface area contributed by atoms with Crippen LogP contribution in [0.3, 0.4) is 0 Å². The molecule has 29 heavy (non-hydrogen) atoms. The maximum Gasteiger partial charge on any atom is 0.407 e. The first-order chi connectivity index (χ1) is 13.8. The van der Waals surface area contributed by atoms with E-state index >= 15 is 0 Å². The van der Waals surface area contributed by atoms with E-state index in [4.69, 9.17) is 0 Å². The number of para-hydroxylation sites is 1. The first-order valence-corrected chi connectivity index (χ1v) is 11.0. The van der Waals surface area contributed by atoms with Gasteiger partial charge in [-0.2, -0.15) is 0 Å². The molecule has 1 amide bonds. The highest BCUT2D eigenvalue weighted by atomic mass is 32.2. The Balaban J connectivity index is 2.11. The summed E-state index contributed by atoms with van der Waals surface area (Å²) in [6, 6.07) is 12.6. The van der Waals surface area contributed by atoms with Crippen LogP contribution in [-0.2, 0) is 9.84 Å². The van der Waals surface area contributed by atoms with Gasteiger partial charge in [-0.1, -0.05) is 24.3 Å². The predicted octanol–water partition coefficient (Wildman–Crippen LogP) is 2.60. The lowest BCUT2D eigenvalue weighted by molar-refractivity contribution is 0.138. The molecular weight excluding hydrogens is 394 g/mol. The third-order valence-electron chi connectivity index (χ3n) is 5.10. The first-order valence-electron chi connectivity index (χ1n) is 9.10. The van der Waals surface area contributed by atoms with Crippen molar-refractivity contribution in [3.8, 4) is 5.69 Å². The number of carbonyl (C=O) groups is 1. The third-order valence-corrected chi connectivity index (χ3v) is 6.23. The second kappa shape index (κ2) is 7.00. The van der Waals surface area contributed by atoms with Crippen LogP contribution >= 0.6 is 0 Å². The van der Waals surface area contributed by atoms with E-state index in [2.05, 4.69) is 4.98 Å². The number of sulfone groups is 1. The zero-order chi connectivity index (χ0) is 20.8. The van der Waals surface area contributed by atoms with Gasteiger partial charge in [0.15, 0.2) is 9.84 Å². The van der Waals surface area contributed by atoms with E-state index in [0.717, 1.165) is 6.26 Å². The predicted molar refractivity (Wildman–Crippen MR) is 107 cm³/mol. The zero-order valence-corrected chi connectivity index (χ0v) is 16.5. The van der Waals surface area contributed by atoms with Crippen molar-refractivity contribution in [2.45, 2.75) is 23.8 Å². The van der Waals surface area contributed by atoms with Crippen LogP contribution in [0, 0.1) is 0 Å². The molecule has 0 saturated carbocycles. The van der Waals surface area contributed by atoms with Crippen LogP contribution in [0.25, 0.3) is 16.6 Å². The fraction of sp³-hybridized carbons (Fsp3) is 0.250. The number of fused-ring (bicyclic) bond motifs is 1. The van der Waals surface area contributed by atoms with E-state index < -0.39 is 27.5 Å². The van der Waals surface area contributed by atoms with E-state index in [1.807, 2.05) is 0 Å². The summed E-state index contributed by atoms with van der Waals surface area (Å²) in [6.45, 7) is 0.353. The maximum atomic E-state index is 13.5. The average Bonchev–Trinajstić information content (AvgIpc) is 3.17. The fourth-order valence-electron chi connectivity index (χ4n) is 3.84.